The van der Waals surface area contributed by atoms with Crippen molar-refractivity contribution in [2.24, 2.45) is 0 Å². The standard InChI is InChI=1S/C65H105NO8/c1-3-5-7-9-11-13-15-16-17-18-19-20-21-22-23-24-25-26-27-28-29-30-31-32-33-34-35-36-37-38-39-40-41-42-43-44-45-47-49-51-53-55-61(69)66-58(57-73-65-64(72)63(71)62(70)60(56-67)74-65)59(68)54-52-50-48-46-14-12-10-8-6-4-2/h5-8,11,13-14,16-17,19-20,22-23,25-26,28-29,31-32,34-35,46,52,54,58-60,62-65,67-68,70-72H,3-4,9-10,12,15,18,21,24,27,30,33,36-45,47-51,53,55-57H2,1-2H3,(H,66,69)/b7-5-,8-6+,13-11-,17-16-,20-19-,23-22-,26-25-,29-28-,32-31-,35-34-,46-14+,54-52+. The largest absolute Gasteiger partial charge is 0.394 e. The van der Waals surface area contributed by atoms with Crippen LogP contribution in [0.25, 0.3) is 0 Å². The van der Waals surface area contributed by atoms with Crippen LogP contribution in [0.4, 0.5) is 0 Å². The Balaban J connectivity index is 2.09. The molecule has 1 saturated heterocycles. The summed E-state index contributed by atoms with van der Waals surface area (Å²) in [4.78, 5) is 13.0. The summed E-state index contributed by atoms with van der Waals surface area (Å²) >= 11 is 0. The minimum atomic E-state index is -1.58. The summed E-state index contributed by atoms with van der Waals surface area (Å²) in [6.45, 7) is 3.49. The molecule has 6 N–H and O–H groups in total. The first-order valence-corrected chi connectivity index (χ1v) is 29.1. The maximum absolute atomic E-state index is 13.0. The second-order valence-electron chi connectivity index (χ2n) is 19.3. The second kappa shape index (κ2) is 52.5. The van der Waals surface area contributed by atoms with Crippen molar-refractivity contribution in [2.45, 2.75) is 243 Å². The molecule has 1 rings (SSSR count). The Morgan fingerprint density at radius 2 is 0.811 bits per heavy atom. The number of carbonyl (C=O) groups excluding carboxylic acids is 1. The highest BCUT2D eigenvalue weighted by molar-refractivity contribution is 5.76. The maximum atomic E-state index is 13.0. The van der Waals surface area contributed by atoms with E-state index < -0.39 is 49.5 Å². The number of aliphatic hydroxyl groups is 5. The van der Waals surface area contributed by atoms with Gasteiger partial charge in [-0.25, -0.2) is 0 Å². The van der Waals surface area contributed by atoms with E-state index in [4.69, 9.17) is 9.47 Å². The van der Waals surface area contributed by atoms with E-state index >= 15 is 0 Å². The van der Waals surface area contributed by atoms with Gasteiger partial charge in [0, 0.05) is 6.42 Å². The second-order valence-corrected chi connectivity index (χ2v) is 19.3. The molecule has 1 aliphatic rings. The van der Waals surface area contributed by atoms with Crippen molar-refractivity contribution in [3.05, 3.63) is 146 Å². The predicted molar refractivity (Wildman–Crippen MR) is 313 cm³/mol. The molecule has 7 unspecified atom stereocenters. The molecule has 1 aliphatic heterocycles. The lowest BCUT2D eigenvalue weighted by molar-refractivity contribution is -0.302. The average Bonchev–Trinajstić information content (AvgIpc) is 3.40. The summed E-state index contributed by atoms with van der Waals surface area (Å²) in [5, 5.41) is 54.2. The third-order valence-corrected chi connectivity index (χ3v) is 12.6. The number of ether oxygens (including phenoxy) is 2. The molecule has 1 heterocycles. The van der Waals surface area contributed by atoms with E-state index in [9.17, 15) is 30.3 Å². The molecule has 1 amide bonds. The average molecular weight is 1030 g/mol. The monoisotopic (exact) mass is 1030 g/mol. The number of aliphatic hydroxyl groups excluding tert-OH is 5. The van der Waals surface area contributed by atoms with Gasteiger partial charge in [-0.2, -0.15) is 0 Å². The third kappa shape index (κ3) is 41.3. The van der Waals surface area contributed by atoms with E-state index in [0.29, 0.717) is 6.42 Å². The molecule has 0 aromatic carbocycles. The molecule has 418 valence electrons. The van der Waals surface area contributed by atoms with Crippen molar-refractivity contribution in [1.29, 1.82) is 0 Å². The van der Waals surface area contributed by atoms with E-state index in [1.165, 1.54) is 64.2 Å². The highest BCUT2D eigenvalue weighted by atomic mass is 16.7. The molecular weight excluding hydrogens is 923 g/mol. The minimum Gasteiger partial charge on any atom is -0.394 e. The van der Waals surface area contributed by atoms with Gasteiger partial charge in [0.05, 0.1) is 25.4 Å². The molecule has 0 aliphatic carbocycles. The van der Waals surface area contributed by atoms with Gasteiger partial charge in [0.25, 0.3) is 0 Å². The first-order valence-electron chi connectivity index (χ1n) is 29.1. The number of unbranched alkanes of at least 4 members (excludes halogenated alkanes) is 15. The molecule has 0 saturated carbocycles. The Hall–Kier alpha value is -3.93. The summed E-state index contributed by atoms with van der Waals surface area (Å²) in [6, 6.07) is -0.836. The van der Waals surface area contributed by atoms with Gasteiger partial charge in [0.2, 0.25) is 5.91 Å². The molecule has 9 heteroatoms. The lowest BCUT2D eigenvalue weighted by Crippen LogP contribution is -2.60. The van der Waals surface area contributed by atoms with E-state index in [-0.39, 0.29) is 12.5 Å². The Kier molecular flexibility index (Phi) is 48.3. The van der Waals surface area contributed by atoms with Crippen LogP contribution < -0.4 is 5.32 Å². The van der Waals surface area contributed by atoms with Crippen molar-refractivity contribution in [3.63, 3.8) is 0 Å². The van der Waals surface area contributed by atoms with Crippen LogP contribution in [0.2, 0.25) is 0 Å². The minimum absolute atomic E-state index is 0.201. The van der Waals surface area contributed by atoms with Gasteiger partial charge in [0.1, 0.15) is 24.4 Å². The van der Waals surface area contributed by atoms with Crippen LogP contribution in [0.3, 0.4) is 0 Å². The summed E-state index contributed by atoms with van der Waals surface area (Å²) in [6.07, 6.45) is 75.2. The summed E-state index contributed by atoms with van der Waals surface area (Å²) in [7, 11) is 0. The molecule has 0 bridgehead atoms. The van der Waals surface area contributed by atoms with Gasteiger partial charge in [-0.15, -0.1) is 0 Å². The summed E-state index contributed by atoms with van der Waals surface area (Å²) in [5.41, 5.74) is 0. The molecule has 1 fully saturated rings. The fourth-order valence-electron chi connectivity index (χ4n) is 8.13. The topological polar surface area (TPSA) is 149 Å². The zero-order valence-corrected chi connectivity index (χ0v) is 46.3. The molecular formula is C65H105NO8. The lowest BCUT2D eigenvalue weighted by Gasteiger charge is -2.40. The van der Waals surface area contributed by atoms with Crippen molar-refractivity contribution in [2.75, 3.05) is 13.2 Å². The maximum Gasteiger partial charge on any atom is 0.220 e. The number of amides is 1. The summed E-state index contributed by atoms with van der Waals surface area (Å²) < 4.78 is 11.2. The Morgan fingerprint density at radius 3 is 1.24 bits per heavy atom. The fourth-order valence-corrected chi connectivity index (χ4v) is 8.13. The third-order valence-electron chi connectivity index (χ3n) is 12.6. The van der Waals surface area contributed by atoms with E-state index in [1.807, 2.05) is 6.08 Å². The molecule has 0 radical (unpaired) electrons. The number of allylic oxidation sites excluding steroid dienone is 23. The van der Waals surface area contributed by atoms with Crippen LogP contribution in [-0.4, -0.2) is 87.5 Å². The normalized spacial score (nSPS) is 20.1. The Labute approximate surface area is 451 Å². The fraction of sp³-hybridized carbons (Fsp3) is 0.615. The number of hydrogen-bond acceptors (Lipinski definition) is 8. The van der Waals surface area contributed by atoms with Gasteiger partial charge in [-0.3, -0.25) is 4.79 Å². The molecule has 9 nitrogen and oxygen atoms in total. The van der Waals surface area contributed by atoms with Crippen molar-refractivity contribution in [3.8, 4) is 0 Å². The molecule has 0 aromatic heterocycles. The van der Waals surface area contributed by atoms with E-state index in [2.05, 4.69) is 153 Å². The smallest absolute Gasteiger partial charge is 0.220 e. The van der Waals surface area contributed by atoms with Gasteiger partial charge >= 0.3 is 0 Å². The van der Waals surface area contributed by atoms with Gasteiger partial charge < -0.3 is 40.3 Å². The van der Waals surface area contributed by atoms with Crippen LogP contribution in [0.5, 0.6) is 0 Å². The zero-order valence-electron chi connectivity index (χ0n) is 46.3. The molecule has 0 aromatic rings. The Bertz CT molecular complexity index is 1660. The van der Waals surface area contributed by atoms with Crippen LogP contribution >= 0.6 is 0 Å². The van der Waals surface area contributed by atoms with Crippen LogP contribution in [0.1, 0.15) is 200 Å². The number of hydrogen-bond donors (Lipinski definition) is 6. The zero-order chi connectivity index (χ0) is 53.6. The predicted octanol–water partition coefficient (Wildman–Crippen LogP) is 14.7. The van der Waals surface area contributed by atoms with Crippen molar-refractivity contribution >= 4 is 5.91 Å². The van der Waals surface area contributed by atoms with Crippen molar-refractivity contribution in [1.82, 2.24) is 5.32 Å². The van der Waals surface area contributed by atoms with Gasteiger partial charge in [0.15, 0.2) is 6.29 Å². The highest BCUT2D eigenvalue weighted by Gasteiger charge is 2.44. The quantitative estimate of drug-likeness (QED) is 0.0261. The number of carbonyl (C=O) groups is 1. The first kappa shape index (κ1) is 68.1. The first-order chi connectivity index (χ1) is 36.3. The SMILES string of the molecule is CC/C=C\C/C=C\C/C=C\C/C=C\C/C=C\C/C=C\C/C=C\C/C=C\C/C=C\CCCCCCCCCCCCCCCC(=O)NC(COC1OC(CO)C(O)C(O)C1O)C(O)/C=C/CC/C=C/CC/C=C/CC. The Morgan fingerprint density at radius 1 is 0.459 bits per heavy atom. The number of nitrogens with one attached hydrogen (secondary N) is 1. The lowest BCUT2D eigenvalue weighted by atomic mass is 9.99. The number of rotatable bonds is 47. The van der Waals surface area contributed by atoms with E-state index in [0.717, 1.165) is 116 Å². The van der Waals surface area contributed by atoms with Gasteiger partial charge in [-0.05, 0) is 109 Å². The molecule has 0 spiro atoms. The van der Waals surface area contributed by atoms with Crippen LogP contribution in [-0.2, 0) is 14.3 Å². The van der Waals surface area contributed by atoms with Crippen LogP contribution in [0, 0.1) is 0 Å². The molecule has 74 heavy (non-hydrogen) atoms. The molecule has 7 atom stereocenters. The highest BCUT2D eigenvalue weighted by Crippen LogP contribution is 2.23. The van der Waals surface area contributed by atoms with Crippen molar-refractivity contribution < 1.29 is 39.8 Å². The van der Waals surface area contributed by atoms with Crippen LogP contribution in [0.15, 0.2) is 146 Å². The van der Waals surface area contributed by atoms with Gasteiger partial charge in [-0.1, -0.05) is 230 Å². The summed E-state index contributed by atoms with van der Waals surface area (Å²) in [5.74, 6) is -0.201. The van der Waals surface area contributed by atoms with E-state index in [1.54, 1.807) is 6.08 Å².